The smallest absolute Gasteiger partial charge is 0.0360 e. The van der Waals surface area contributed by atoms with Crippen LogP contribution in [0.25, 0.3) is 0 Å². The van der Waals surface area contributed by atoms with E-state index in [2.05, 4.69) is 74.5 Å². The van der Waals surface area contributed by atoms with Crippen molar-refractivity contribution < 1.29 is 0 Å². The Morgan fingerprint density at radius 3 is 1.11 bits per heavy atom. The minimum atomic E-state index is 0.0466. The Labute approximate surface area is 108 Å². The molecule has 2 bridgehead atoms. The van der Waals surface area contributed by atoms with Crippen LogP contribution in [0.2, 0.25) is 0 Å². The molecule has 3 aliphatic rings. The van der Waals surface area contributed by atoms with Gasteiger partial charge in [0.15, 0.2) is 0 Å². The molecule has 0 spiro atoms. The van der Waals surface area contributed by atoms with Gasteiger partial charge in [-0.15, -0.1) is 0 Å². The fourth-order valence-electron chi connectivity index (χ4n) is 3.76. The van der Waals surface area contributed by atoms with Gasteiger partial charge in [-0.25, -0.2) is 0 Å². The Morgan fingerprint density at radius 1 is 0.556 bits per heavy atom. The molecule has 0 aliphatic heterocycles. The molecule has 2 aromatic rings. The van der Waals surface area contributed by atoms with Crippen LogP contribution in [-0.4, -0.2) is 0 Å². The van der Waals surface area contributed by atoms with E-state index in [0.29, 0.717) is 0 Å². The van der Waals surface area contributed by atoms with E-state index in [1.165, 1.54) is 22.3 Å². The van der Waals surface area contributed by atoms with E-state index in [1.807, 2.05) is 0 Å². The molecule has 0 saturated carbocycles. The molecule has 0 N–H and O–H groups in total. The van der Waals surface area contributed by atoms with E-state index >= 15 is 0 Å². The quantitative estimate of drug-likeness (QED) is 0.598. The lowest BCUT2D eigenvalue weighted by Gasteiger charge is -2.49. The molecule has 5 rings (SSSR count). The summed E-state index contributed by atoms with van der Waals surface area (Å²) in [5.74, 6) is 0. The highest BCUT2D eigenvalue weighted by Crippen LogP contribution is 2.54. The van der Waals surface area contributed by atoms with Gasteiger partial charge >= 0.3 is 0 Å². The van der Waals surface area contributed by atoms with Crippen molar-refractivity contribution in [3.8, 4) is 0 Å². The van der Waals surface area contributed by atoms with E-state index in [-0.39, 0.29) is 10.8 Å². The first-order chi connectivity index (χ1) is 8.66. The summed E-state index contributed by atoms with van der Waals surface area (Å²) in [4.78, 5) is 0. The molecule has 18 heavy (non-hydrogen) atoms. The number of hydrogen-bond donors (Lipinski definition) is 0. The molecule has 3 aliphatic carbocycles. The van der Waals surface area contributed by atoms with Crippen LogP contribution in [0.4, 0.5) is 0 Å². The van der Waals surface area contributed by atoms with Crippen LogP contribution in [0, 0.1) is 0 Å². The molecule has 0 heteroatoms. The van der Waals surface area contributed by atoms with Crippen molar-refractivity contribution in [3.63, 3.8) is 0 Å². The molecule has 0 fully saturated rings. The molecule has 0 amide bonds. The first-order valence-electron chi connectivity index (χ1n) is 6.57. The Kier molecular flexibility index (Phi) is 1.66. The molecule has 0 radical (unpaired) electrons. The summed E-state index contributed by atoms with van der Waals surface area (Å²) < 4.78 is 0. The van der Waals surface area contributed by atoms with Gasteiger partial charge in [-0.05, 0) is 36.1 Å². The van der Waals surface area contributed by atoms with Gasteiger partial charge in [-0.1, -0.05) is 60.7 Å². The average molecular weight is 232 g/mol. The Morgan fingerprint density at radius 2 is 0.833 bits per heavy atom. The molecule has 0 heterocycles. The third-order valence-electron chi connectivity index (χ3n) is 4.84. The lowest BCUT2D eigenvalue weighted by molar-refractivity contribution is 0.553. The van der Waals surface area contributed by atoms with E-state index in [1.54, 1.807) is 0 Å². The largest absolute Gasteiger partial charge is 0.0726 e. The normalized spacial score (nSPS) is 31.0. The van der Waals surface area contributed by atoms with Crippen LogP contribution >= 0.6 is 0 Å². The van der Waals surface area contributed by atoms with E-state index in [9.17, 15) is 0 Å². The zero-order valence-electron chi connectivity index (χ0n) is 10.8. The van der Waals surface area contributed by atoms with Gasteiger partial charge in [0.1, 0.15) is 0 Å². The van der Waals surface area contributed by atoms with Crippen LogP contribution in [0.1, 0.15) is 36.1 Å². The van der Waals surface area contributed by atoms with Crippen molar-refractivity contribution in [2.75, 3.05) is 0 Å². The number of benzene rings is 2. The van der Waals surface area contributed by atoms with E-state index in [4.69, 9.17) is 0 Å². The Balaban J connectivity index is 2.19. The second kappa shape index (κ2) is 2.95. The van der Waals surface area contributed by atoms with Crippen LogP contribution < -0.4 is 0 Å². The molecule has 0 aromatic heterocycles. The van der Waals surface area contributed by atoms with Gasteiger partial charge in [0.05, 0.1) is 0 Å². The molecule has 0 atom stereocenters. The van der Waals surface area contributed by atoms with Crippen molar-refractivity contribution in [2.45, 2.75) is 24.7 Å². The van der Waals surface area contributed by atoms with Gasteiger partial charge < -0.3 is 0 Å². The number of rotatable bonds is 0. The second-order valence-corrected chi connectivity index (χ2v) is 5.83. The van der Waals surface area contributed by atoms with Crippen molar-refractivity contribution in [1.82, 2.24) is 0 Å². The van der Waals surface area contributed by atoms with Crippen LogP contribution in [0.3, 0.4) is 0 Å². The molecule has 0 nitrogen and oxygen atoms in total. The first-order valence-corrected chi connectivity index (χ1v) is 6.57. The van der Waals surface area contributed by atoms with Gasteiger partial charge in [0.25, 0.3) is 0 Å². The topological polar surface area (TPSA) is 0 Å². The monoisotopic (exact) mass is 232 g/mol. The summed E-state index contributed by atoms with van der Waals surface area (Å²) >= 11 is 0. The third-order valence-corrected chi connectivity index (χ3v) is 4.84. The van der Waals surface area contributed by atoms with Crippen molar-refractivity contribution >= 4 is 0 Å². The van der Waals surface area contributed by atoms with Gasteiger partial charge in [-0.3, -0.25) is 0 Å². The first kappa shape index (κ1) is 10.1. The predicted molar refractivity (Wildman–Crippen MR) is 74.9 cm³/mol. The van der Waals surface area contributed by atoms with Gasteiger partial charge in [0, 0.05) is 10.8 Å². The SMILES string of the molecule is CC12C=CC(C)(c3ccccc31)c1ccccc12. The summed E-state index contributed by atoms with van der Waals surface area (Å²) in [6.45, 7) is 4.67. The summed E-state index contributed by atoms with van der Waals surface area (Å²) in [6, 6.07) is 17.8. The molecule has 2 aromatic carbocycles. The minimum absolute atomic E-state index is 0.0466. The Hall–Kier alpha value is -1.82. The lowest BCUT2D eigenvalue weighted by Crippen LogP contribution is -2.42. The summed E-state index contributed by atoms with van der Waals surface area (Å²) in [5.41, 5.74) is 5.96. The zero-order valence-corrected chi connectivity index (χ0v) is 10.8. The Bertz CT molecular complexity index is 570. The van der Waals surface area contributed by atoms with E-state index in [0.717, 1.165) is 0 Å². The molecule has 0 saturated heterocycles. The van der Waals surface area contributed by atoms with Crippen molar-refractivity contribution in [3.05, 3.63) is 82.9 Å². The predicted octanol–water partition coefficient (Wildman–Crippen LogP) is 4.18. The number of allylic oxidation sites excluding steroid dienone is 2. The molecular formula is C18H16. The van der Waals surface area contributed by atoms with Crippen molar-refractivity contribution in [1.29, 1.82) is 0 Å². The fraction of sp³-hybridized carbons (Fsp3) is 0.222. The maximum Gasteiger partial charge on any atom is 0.0360 e. The summed E-state index contributed by atoms with van der Waals surface area (Å²) in [6.07, 6.45) is 4.77. The highest BCUT2D eigenvalue weighted by Gasteiger charge is 2.47. The number of hydrogen-bond acceptors (Lipinski definition) is 0. The minimum Gasteiger partial charge on any atom is -0.0726 e. The maximum absolute atomic E-state index is 2.39. The van der Waals surface area contributed by atoms with Crippen LogP contribution in [-0.2, 0) is 10.8 Å². The van der Waals surface area contributed by atoms with Gasteiger partial charge in [0.2, 0.25) is 0 Å². The highest BCUT2D eigenvalue weighted by atomic mass is 14.5. The lowest BCUT2D eigenvalue weighted by atomic mass is 9.54. The van der Waals surface area contributed by atoms with E-state index < -0.39 is 0 Å². The van der Waals surface area contributed by atoms with Crippen LogP contribution in [0.5, 0.6) is 0 Å². The molecule has 0 unspecified atom stereocenters. The second-order valence-electron chi connectivity index (χ2n) is 5.83. The standard InChI is InChI=1S/C18H16/c1-17-11-12-18(2,15-9-5-3-7-13(15)17)16-10-6-4-8-14(16)17/h3-12H,1-2H3. The van der Waals surface area contributed by atoms with Gasteiger partial charge in [-0.2, -0.15) is 0 Å². The summed E-state index contributed by atoms with van der Waals surface area (Å²) in [7, 11) is 0. The zero-order chi connectivity index (χ0) is 12.4. The highest BCUT2D eigenvalue weighted by molar-refractivity contribution is 5.66. The molecular weight excluding hydrogens is 216 g/mol. The summed E-state index contributed by atoms with van der Waals surface area (Å²) in [5, 5.41) is 0. The third kappa shape index (κ3) is 0.940. The average Bonchev–Trinajstić information content (AvgIpc) is 2.43. The van der Waals surface area contributed by atoms with Crippen LogP contribution in [0.15, 0.2) is 60.7 Å². The van der Waals surface area contributed by atoms with Crippen molar-refractivity contribution in [2.24, 2.45) is 0 Å². The molecule has 88 valence electrons. The maximum atomic E-state index is 2.39. The fourth-order valence-corrected chi connectivity index (χ4v) is 3.76.